The zero-order valence-electron chi connectivity index (χ0n) is 14.7. The van der Waals surface area contributed by atoms with E-state index in [1.54, 1.807) is 0 Å². The van der Waals surface area contributed by atoms with E-state index in [1.807, 2.05) is 31.2 Å². The molecule has 0 unspecified atom stereocenters. The zero-order valence-corrected chi connectivity index (χ0v) is 14.7. The van der Waals surface area contributed by atoms with E-state index >= 15 is 0 Å². The van der Waals surface area contributed by atoms with Gasteiger partial charge in [0.15, 0.2) is 5.43 Å². The second-order valence-electron chi connectivity index (χ2n) is 7.28. The number of aromatic amines is 1. The van der Waals surface area contributed by atoms with Gasteiger partial charge in [-0.05, 0) is 51.3 Å². The third-order valence-corrected chi connectivity index (χ3v) is 5.75. The first-order chi connectivity index (χ1) is 12.1. The normalized spacial score (nSPS) is 23.0. The van der Waals surface area contributed by atoms with Crippen molar-refractivity contribution in [1.29, 1.82) is 0 Å². The Labute approximate surface area is 147 Å². The number of carbonyl (C=O) groups is 1. The molecule has 25 heavy (non-hydrogen) atoms. The van der Waals surface area contributed by atoms with Crippen LogP contribution in [-0.4, -0.2) is 41.0 Å². The van der Waals surface area contributed by atoms with Gasteiger partial charge in [0.1, 0.15) is 0 Å². The molecule has 132 valence electrons. The third kappa shape index (κ3) is 2.97. The number of aromatic nitrogens is 1. The summed E-state index contributed by atoms with van der Waals surface area (Å²) in [4.78, 5) is 31.0. The molecule has 2 aromatic rings. The molecule has 2 aliphatic heterocycles. The molecule has 4 rings (SSSR count). The predicted octanol–water partition coefficient (Wildman–Crippen LogP) is 2.12. The third-order valence-electron chi connectivity index (χ3n) is 5.75. The molecule has 1 aromatic carbocycles. The van der Waals surface area contributed by atoms with E-state index in [1.165, 1.54) is 0 Å². The van der Waals surface area contributed by atoms with Crippen molar-refractivity contribution in [1.82, 2.24) is 15.2 Å². The first-order valence-corrected chi connectivity index (χ1v) is 9.27. The standard InChI is InChI=1S/C20H25N3O2/c1-13-16(20(25)17-4-2-3-5-18(17)22-13)8-9-19(24)23-14-6-7-15(23)12-21-11-10-14/h2-5,14-15,21H,6-12H2,1H3,(H,22,25)/t14-,15+/m1/s1. The van der Waals surface area contributed by atoms with Crippen LogP contribution >= 0.6 is 0 Å². The van der Waals surface area contributed by atoms with Gasteiger partial charge in [-0.2, -0.15) is 0 Å². The van der Waals surface area contributed by atoms with Crippen LogP contribution in [0.5, 0.6) is 0 Å². The zero-order chi connectivity index (χ0) is 17.4. The summed E-state index contributed by atoms with van der Waals surface area (Å²) in [6.07, 6.45) is 4.17. The lowest BCUT2D eigenvalue weighted by atomic mass is 10.0. The van der Waals surface area contributed by atoms with Crippen molar-refractivity contribution in [3.63, 3.8) is 0 Å². The molecule has 5 heteroatoms. The van der Waals surface area contributed by atoms with Gasteiger partial charge in [-0.25, -0.2) is 0 Å². The van der Waals surface area contributed by atoms with Crippen molar-refractivity contribution in [2.24, 2.45) is 0 Å². The lowest BCUT2D eigenvalue weighted by molar-refractivity contribution is -0.133. The summed E-state index contributed by atoms with van der Waals surface area (Å²) in [5.74, 6) is 0.197. The Kier molecular flexibility index (Phi) is 4.34. The number of carbonyl (C=O) groups excluding carboxylic acids is 1. The van der Waals surface area contributed by atoms with Gasteiger partial charge in [0, 0.05) is 47.2 Å². The van der Waals surface area contributed by atoms with E-state index in [-0.39, 0.29) is 11.3 Å². The lowest BCUT2D eigenvalue weighted by Gasteiger charge is -2.28. The largest absolute Gasteiger partial charge is 0.358 e. The first kappa shape index (κ1) is 16.3. The Balaban J connectivity index is 1.54. The molecular weight excluding hydrogens is 314 g/mol. The molecule has 2 aliphatic rings. The monoisotopic (exact) mass is 339 g/mol. The number of H-pyrrole nitrogens is 1. The van der Waals surface area contributed by atoms with E-state index in [9.17, 15) is 9.59 Å². The molecule has 0 radical (unpaired) electrons. The molecule has 5 nitrogen and oxygen atoms in total. The number of rotatable bonds is 3. The number of benzene rings is 1. The van der Waals surface area contributed by atoms with Crippen LogP contribution in [0.4, 0.5) is 0 Å². The number of amides is 1. The molecule has 2 saturated heterocycles. The summed E-state index contributed by atoms with van der Waals surface area (Å²) in [6.45, 7) is 3.82. The fourth-order valence-corrected chi connectivity index (χ4v) is 4.45. The smallest absolute Gasteiger partial charge is 0.223 e. The van der Waals surface area contributed by atoms with E-state index in [4.69, 9.17) is 0 Å². The Bertz CT molecular complexity index is 844. The maximum atomic E-state index is 12.9. The number of hydrogen-bond donors (Lipinski definition) is 2. The first-order valence-electron chi connectivity index (χ1n) is 9.27. The number of fused-ring (bicyclic) bond motifs is 3. The minimum atomic E-state index is 0.0557. The van der Waals surface area contributed by atoms with Gasteiger partial charge in [-0.1, -0.05) is 12.1 Å². The minimum Gasteiger partial charge on any atom is -0.358 e. The molecule has 3 heterocycles. The van der Waals surface area contributed by atoms with Gasteiger partial charge in [0.05, 0.1) is 0 Å². The SMILES string of the molecule is Cc1[nH]c2ccccc2c(=O)c1CCC(=O)N1[C@H]2CCNC[C@@H]1CC2. The fourth-order valence-electron chi connectivity index (χ4n) is 4.45. The van der Waals surface area contributed by atoms with Crippen molar-refractivity contribution < 1.29 is 4.79 Å². The van der Waals surface area contributed by atoms with Gasteiger partial charge in [0.2, 0.25) is 5.91 Å². The molecule has 2 fully saturated rings. The topological polar surface area (TPSA) is 65.2 Å². The molecule has 2 atom stereocenters. The fraction of sp³-hybridized carbons (Fsp3) is 0.500. The Morgan fingerprint density at radius 3 is 2.88 bits per heavy atom. The number of nitrogens with one attached hydrogen (secondary N) is 2. The maximum Gasteiger partial charge on any atom is 0.223 e. The highest BCUT2D eigenvalue weighted by atomic mass is 16.2. The van der Waals surface area contributed by atoms with E-state index < -0.39 is 0 Å². The molecule has 0 saturated carbocycles. The summed E-state index contributed by atoms with van der Waals surface area (Å²) in [5.41, 5.74) is 2.53. The lowest BCUT2D eigenvalue weighted by Crippen LogP contribution is -2.42. The average molecular weight is 339 g/mol. The predicted molar refractivity (Wildman–Crippen MR) is 98.8 cm³/mol. The van der Waals surface area contributed by atoms with Crippen LogP contribution in [-0.2, 0) is 11.2 Å². The van der Waals surface area contributed by atoms with Crippen molar-refractivity contribution in [2.75, 3.05) is 13.1 Å². The number of pyridine rings is 1. The molecule has 1 amide bonds. The Hall–Kier alpha value is -2.14. The summed E-state index contributed by atoms with van der Waals surface area (Å²) >= 11 is 0. The molecule has 2 N–H and O–H groups in total. The highest BCUT2D eigenvalue weighted by molar-refractivity contribution is 5.80. The van der Waals surface area contributed by atoms with Crippen LogP contribution in [0.3, 0.4) is 0 Å². The van der Waals surface area contributed by atoms with Crippen LogP contribution < -0.4 is 10.7 Å². The highest BCUT2D eigenvalue weighted by Gasteiger charge is 2.37. The van der Waals surface area contributed by atoms with Crippen molar-refractivity contribution in [2.45, 2.75) is 51.1 Å². The maximum absolute atomic E-state index is 12.9. The average Bonchev–Trinajstić information content (AvgIpc) is 2.87. The molecule has 2 bridgehead atoms. The summed E-state index contributed by atoms with van der Waals surface area (Å²) in [5, 5.41) is 4.13. The van der Waals surface area contributed by atoms with Crippen molar-refractivity contribution in [3.05, 3.63) is 45.7 Å². The van der Waals surface area contributed by atoms with E-state index in [0.29, 0.717) is 30.3 Å². The summed E-state index contributed by atoms with van der Waals surface area (Å²) < 4.78 is 0. The van der Waals surface area contributed by atoms with Crippen molar-refractivity contribution in [3.8, 4) is 0 Å². The van der Waals surface area contributed by atoms with Gasteiger partial charge < -0.3 is 15.2 Å². The number of hydrogen-bond acceptors (Lipinski definition) is 3. The summed E-state index contributed by atoms with van der Waals surface area (Å²) in [7, 11) is 0. The molecule has 1 aromatic heterocycles. The number of para-hydroxylation sites is 1. The van der Waals surface area contributed by atoms with Crippen molar-refractivity contribution >= 4 is 16.8 Å². The highest BCUT2D eigenvalue weighted by Crippen LogP contribution is 2.28. The van der Waals surface area contributed by atoms with E-state index in [0.717, 1.165) is 49.1 Å². The van der Waals surface area contributed by atoms with Crippen LogP contribution in [0.1, 0.15) is 36.9 Å². The van der Waals surface area contributed by atoms with Crippen LogP contribution in [0.25, 0.3) is 10.9 Å². The Morgan fingerprint density at radius 2 is 2.00 bits per heavy atom. The van der Waals surface area contributed by atoms with Crippen LogP contribution in [0, 0.1) is 6.92 Å². The molecule has 0 aliphatic carbocycles. The van der Waals surface area contributed by atoms with Gasteiger partial charge >= 0.3 is 0 Å². The van der Waals surface area contributed by atoms with Gasteiger partial charge in [-0.3, -0.25) is 9.59 Å². The van der Waals surface area contributed by atoms with Gasteiger partial charge in [0.25, 0.3) is 0 Å². The minimum absolute atomic E-state index is 0.0557. The number of nitrogens with zero attached hydrogens (tertiary/aromatic N) is 1. The quantitative estimate of drug-likeness (QED) is 0.900. The van der Waals surface area contributed by atoms with Gasteiger partial charge in [-0.15, -0.1) is 0 Å². The van der Waals surface area contributed by atoms with Crippen LogP contribution in [0.15, 0.2) is 29.1 Å². The number of aryl methyl sites for hydroxylation is 1. The second-order valence-corrected chi connectivity index (χ2v) is 7.28. The molecular formula is C20H25N3O2. The van der Waals surface area contributed by atoms with Crippen LogP contribution in [0.2, 0.25) is 0 Å². The molecule has 0 spiro atoms. The second kappa shape index (κ2) is 6.64. The summed E-state index contributed by atoms with van der Waals surface area (Å²) in [6, 6.07) is 8.27. The van der Waals surface area contributed by atoms with E-state index in [2.05, 4.69) is 15.2 Å². The Morgan fingerprint density at radius 1 is 1.20 bits per heavy atom.